The van der Waals surface area contributed by atoms with Gasteiger partial charge in [-0.15, -0.1) is 0 Å². The summed E-state index contributed by atoms with van der Waals surface area (Å²) in [5.41, 5.74) is 0.957. The van der Waals surface area contributed by atoms with Gasteiger partial charge in [-0.3, -0.25) is 4.79 Å². The first-order chi connectivity index (χ1) is 10.1. The summed E-state index contributed by atoms with van der Waals surface area (Å²) in [5, 5.41) is 7.44. The Labute approximate surface area is 124 Å². The number of fused-ring (bicyclic) bond motifs is 1. The minimum atomic E-state index is -0.144. The molecular formula is C17H22N2O2. The minimum absolute atomic E-state index is 0.144. The summed E-state index contributed by atoms with van der Waals surface area (Å²) >= 11 is 0. The van der Waals surface area contributed by atoms with E-state index in [9.17, 15) is 4.79 Å². The van der Waals surface area contributed by atoms with E-state index in [-0.39, 0.29) is 11.3 Å². The Balaban J connectivity index is 1.66. The Morgan fingerprint density at radius 2 is 2.24 bits per heavy atom. The number of hydrogen-bond acceptors (Lipinski definition) is 3. The topological polar surface area (TPSA) is 54.3 Å². The monoisotopic (exact) mass is 286 g/mol. The van der Waals surface area contributed by atoms with Gasteiger partial charge in [0, 0.05) is 18.0 Å². The number of benzene rings is 1. The van der Waals surface area contributed by atoms with Crippen LogP contribution >= 0.6 is 0 Å². The molecule has 1 unspecified atom stereocenters. The zero-order valence-corrected chi connectivity index (χ0v) is 12.6. The Kier molecular flexibility index (Phi) is 3.72. The highest BCUT2D eigenvalue weighted by Crippen LogP contribution is 2.29. The van der Waals surface area contributed by atoms with E-state index in [0.29, 0.717) is 18.3 Å². The van der Waals surface area contributed by atoms with Crippen molar-refractivity contribution in [1.82, 2.24) is 10.6 Å². The second kappa shape index (κ2) is 5.53. The number of hydrogen-bond donors (Lipinski definition) is 2. The van der Waals surface area contributed by atoms with Gasteiger partial charge >= 0.3 is 0 Å². The molecule has 0 bridgehead atoms. The molecule has 0 radical (unpaired) electrons. The van der Waals surface area contributed by atoms with Gasteiger partial charge in [0.05, 0.1) is 0 Å². The zero-order valence-electron chi connectivity index (χ0n) is 12.6. The van der Waals surface area contributed by atoms with E-state index in [1.54, 1.807) is 6.07 Å². The van der Waals surface area contributed by atoms with Gasteiger partial charge in [0.1, 0.15) is 5.58 Å². The lowest BCUT2D eigenvalue weighted by Gasteiger charge is -2.39. The number of carbonyl (C=O) groups is 1. The summed E-state index contributed by atoms with van der Waals surface area (Å²) in [6.45, 7) is 6.14. The Hall–Kier alpha value is -1.81. The molecule has 1 saturated heterocycles. The number of nitrogens with one attached hydrogen (secondary N) is 2. The lowest BCUT2D eigenvalue weighted by atomic mass is 9.77. The molecule has 1 amide bonds. The summed E-state index contributed by atoms with van der Waals surface area (Å²) in [4.78, 5) is 12.2. The van der Waals surface area contributed by atoms with Gasteiger partial charge in [-0.2, -0.15) is 0 Å². The summed E-state index contributed by atoms with van der Waals surface area (Å²) < 4.78 is 5.59. The largest absolute Gasteiger partial charge is 0.451 e. The van der Waals surface area contributed by atoms with Crippen molar-refractivity contribution in [3.05, 3.63) is 36.1 Å². The van der Waals surface area contributed by atoms with Gasteiger partial charge in [0.15, 0.2) is 5.76 Å². The fraction of sp³-hybridized carbons (Fsp3) is 0.471. The number of carbonyl (C=O) groups excluding carboxylic acids is 1. The van der Waals surface area contributed by atoms with Crippen molar-refractivity contribution in [2.24, 2.45) is 5.41 Å². The van der Waals surface area contributed by atoms with Crippen LogP contribution in [0.3, 0.4) is 0 Å². The van der Waals surface area contributed by atoms with Crippen molar-refractivity contribution in [2.45, 2.75) is 32.7 Å². The third-order valence-electron chi connectivity index (χ3n) is 4.45. The molecule has 0 saturated carbocycles. The fourth-order valence-electron chi connectivity index (χ4n) is 2.99. The average molecular weight is 286 g/mol. The maximum atomic E-state index is 12.2. The highest BCUT2D eigenvalue weighted by atomic mass is 16.3. The predicted molar refractivity (Wildman–Crippen MR) is 83.4 cm³/mol. The Bertz CT molecular complexity index is 612. The van der Waals surface area contributed by atoms with Gasteiger partial charge in [-0.05, 0) is 36.9 Å². The molecule has 4 nitrogen and oxygen atoms in total. The molecule has 1 atom stereocenters. The fourth-order valence-corrected chi connectivity index (χ4v) is 2.99. The molecule has 3 rings (SSSR count). The maximum absolute atomic E-state index is 12.2. The third-order valence-corrected chi connectivity index (χ3v) is 4.45. The van der Waals surface area contributed by atoms with E-state index in [0.717, 1.165) is 17.5 Å². The van der Waals surface area contributed by atoms with Gasteiger partial charge in [-0.1, -0.05) is 32.0 Å². The number of amides is 1. The molecule has 1 aliphatic rings. The molecular weight excluding hydrogens is 264 g/mol. The van der Waals surface area contributed by atoms with Crippen molar-refractivity contribution in [2.75, 3.05) is 13.1 Å². The summed E-state index contributed by atoms with van der Waals surface area (Å²) in [5.74, 6) is 0.235. The van der Waals surface area contributed by atoms with E-state index in [2.05, 4.69) is 24.5 Å². The summed E-state index contributed by atoms with van der Waals surface area (Å²) in [6, 6.07) is 9.76. The maximum Gasteiger partial charge on any atom is 0.287 e. The van der Waals surface area contributed by atoms with Crippen LogP contribution in [0.5, 0.6) is 0 Å². The van der Waals surface area contributed by atoms with Crippen LogP contribution in [0.15, 0.2) is 34.7 Å². The second-order valence-electron chi connectivity index (χ2n) is 6.46. The van der Waals surface area contributed by atoms with Crippen LogP contribution in [0.2, 0.25) is 0 Å². The molecule has 2 heterocycles. The first kappa shape index (κ1) is 14.1. The van der Waals surface area contributed by atoms with Crippen molar-refractivity contribution in [1.29, 1.82) is 0 Å². The number of rotatable bonds is 3. The molecule has 1 aromatic heterocycles. The molecule has 1 fully saturated rings. The minimum Gasteiger partial charge on any atom is -0.451 e. The van der Waals surface area contributed by atoms with Crippen molar-refractivity contribution >= 4 is 16.9 Å². The summed E-state index contributed by atoms with van der Waals surface area (Å²) in [7, 11) is 0. The van der Waals surface area contributed by atoms with Gasteiger partial charge < -0.3 is 15.1 Å². The third kappa shape index (κ3) is 2.95. The molecule has 2 aromatic rings. The van der Waals surface area contributed by atoms with Crippen LogP contribution in [0.1, 0.15) is 37.2 Å². The Morgan fingerprint density at radius 1 is 1.43 bits per heavy atom. The predicted octanol–water partition coefficient (Wildman–Crippen LogP) is 2.94. The smallest absolute Gasteiger partial charge is 0.287 e. The van der Waals surface area contributed by atoms with Crippen LogP contribution in [-0.2, 0) is 0 Å². The van der Waals surface area contributed by atoms with Crippen molar-refractivity contribution in [3.63, 3.8) is 0 Å². The molecule has 21 heavy (non-hydrogen) atoms. The van der Waals surface area contributed by atoms with Gasteiger partial charge in [0.25, 0.3) is 5.91 Å². The molecule has 1 aromatic carbocycles. The first-order valence-corrected chi connectivity index (χ1v) is 7.56. The molecule has 2 N–H and O–H groups in total. The van der Waals surface area contributed by atoms with Crippen LogP contribution in [0.25, 0.3) is 11.0 Å². The van der Waals surface area contributed by atoms with Crippen LogP contribution in [-0.4, -0.2) is 25.0 Å². The standard InChI is InChI=1S/C17H22N2O2/c1-17(2)8-5-9-18-15(17)11-19-16(20)14-10-12-6-3-4-7-13(12)21-14/h3-4,6-7,10,15,18H,5,8-9,11H2,1-2H3,(H,19,20). The number of para-hydroxylation sites is 1. The Morgan fingerprint density at radius 3 is 3.00 bits per heavy atom. The zero-order chi connectivity index (χ0) is 14.9. The number of furan rings is 1. The number of piperidine rings is 1. The van der Waals surface area contributed by atoms with E-state index in [1.807, 2.05) is 24.3 Å². The average Bonchev–Trinajstić information content (AvgIpc) is 2.89. The van der Waals surface area contributed by atoms with Gasteiger partial charge in [-0.25, -0.2) is 0 Å². The SMILES string of the molecule is CC1(C)CCCNC1CNC(=O)c1cc2ccccc2o1. The second-order valence-corrected chi connectivity index (χ2v) is 6.46. The van der Waals surface area contributed by atoms with Crippen LogP contribution in [0.4, 0.5) is 0 Å². The van der Waals surface area contributed by atoms with E-state index in [4.69, 9.17) is 4.42 Å². The van der Waals surface area contributed by atoms with Gasteiger partial charge in [0.2, 0.25) is 0 Å². The van der Waals surface area contributed by atoms with Crippen LogP contribution in [0, 0.1) is 5.41 Å². The molecule has 4 heteroatoms. The van der Waals surface area contributed by atoms with E-state index < -0.39 is 0 Å². The molecule has 112 valence electrons. The molecule has 0 aliphatic carbocycles. The first-order valence-electron chi connectivity index (χ1n) is 7.56. The summed E-state index contributed by atoms with van der Waals surface area (Å²) in [6.07, 6.45) is 2.38. The lowest BCUT2D eigenvalue weighted by molar-refractivity contribution is 0.0903. The quantitative estimate of drug-likeness (QED) is 0.912. The highest BCUT2D eigenvalue weighted by molar-refractivity contribution is 5.96. The normalized spacial score (nSPS) is 21.3. The lowest BCUT2D eigenvalue weighted by Crippen LogP contribution is -2.52. The molecule has 0 spiro atoms. The van der Waals surface area contributed by atoms with Crippen molar-refractivity contribution in [3.8, 4) is 0 Å². The van der Waals surface area contributed by atoms with Crippen molar-refractivity contribution < 1.29 is 9.21 Å². The van der Waals surface area contributed by atoms with Crippen LogP contribution < -0.4 is 10.6 Å². The highest BCUT2D eigenvalue weighted by Gasteiger charge is 2.32. The molecule has 1 aliphatic heterocycles. The van der Waals surface area contributed by atoms with E-state index >= 15 is 0 Å². The van der Waals surface area contributed by atoms with E-state index in [1.165, 1.54) is 12.8 Å².